The van der Waals surface area contributed by atoms with E-state index >= 15 is 0 Å². The van der Waals surface area contributed by atoms with Crippen LogP contribution in [0.4, 0.5) is 0 Å². The maximum atomic E-state index is 13.5. The molecule has 5 rings (SSSR count). The molecule has 0 atom stereocenters. The lowest BCUT2D eigenvalue weighted by Crippen LogP contribution is -2.21. The SMILES string of the molecule is COc1ccc(-n2c(SCc3cn4cc(Cl)ccc4n3)nc3ccccc3c2=O)cc1OC. The second kappa shape index (κ2) is 8.80. The molecule has 0 N–H and O–H groups in total. The maximum absolute atomic E-state index is 13.5. The van der Waals surface area contributed by atoms with E-state index in [0.29, 0.717) is 44.0 Å². The van der Waals surface area contributed by atoms with E-state index in [4.69, 9.17) is 26.1 Å². The van der Waals surface area contributed by atoms with E-state index in [-0.39, 0.29) is 5.56 Å². The lowest BCUT2D eigenvalue weighted by Gasteiger charge is -2.15. The average Bonchev–Trinajstić information content (AvgIpc) is 3.24. The van der Waals surface area contributed by atoms with Gasteiger partial charge in [-0.2, -0.15) is 0 Å². The number of ether oxygens (including phenoxy) is 2. The van der Waals surface area contributed by atoms with Gasteiger partial charge in [0, 0.05) is 24.2 Å². The summed E-state index contributed by atoms with van der Waals surface area (Å²) in [6.45, 7) is 0. The Balaban J connectivity index is 1.60. The smallest absolute Gasteiger partial charge is 0.266 e. The third kappa shape index (κ3) is 4.03. The van der Waals surface area contributed by atoms with Crippen LogP contribution in [0, 0.1) is 0 Å². The fourth-order valence-corrected chi connectivity index (χ4v) is 4.69. The summed E-state index contributed by atoms with van der Waals surface area (Å²) in [5, 5.41) is 1.73. The molecular formula is C24H19ClN4O3S. The first-order valence-corrected chi connectivity index (χ1v) is 11.4. The molecule has 0 unspecified atom stereocenters. The number of pyridine rings is 1. The molecule has 0 radical (unpaired) electrons. The number of para-hydroxylation sites is 1. The summed E-state index contributed by atoms with van der Waals surface area (Å²) in [6, 6.07) is 16.4. The quantitative estimate of drug-likeness (QED) is 0.253. The zero-order chi connectivity index (χ0) is 22.9. The molecule has 166 valence electrons. The van der Waals surface area contributed by atoms with E-state index in [1.807, 2.05) is 47.1 Å². The first-order chi connectivity index (χ1) is 16.1. The normalized spacial score (nSPS) is 11.2. The van der Waals surface area contributed by atoms with E-state index in [0.717, 1.165) is 11.3 Å². The largest absolute Gasteiger partial charge is 0.493 e. The van der Waals surface area contributed by atoms with Gasteiger partial charge in [-0.1, -0.05) is 35.5 Å². The molecule has 0 aliphatic rings. The minimum Gasteiger partial charge on any atom is -0.493 e. The number of hydrogen-bond acceptors (Lipinski definition) is 6. The topological polar surface area (TPSA) is 70.7 Å². The average molecular weight is 479 g/mol. The van der Waals surface area contributed by atoms with Crippen molar-refractivity contribution in [2.24, 2.45) is 0 Å². The summed E-state index contributed by atoms with van der Waals surface area (Å²) in [4.78, 5) is 22.9. The summed E-state index contributed by atoms with van der Waals surface area (Å²) in [7, 11) is 3.14. The second-order valence-electron chi connectivity index (χ2n) is 7.23. The summed E-state index contributed by atoms with van der Waals surface area (Å²) < 4.78 is 14.3. The molecule has 9 heteroatoms. The monoisotopic (exact) mass is 478 g/mol. The summed E-state index contributed by atoms with van der Waals surface area (Å²) in [6.07, 6.45) is 3.74. The van der Waals surface area contributed by atoms with E-state index < -0.39 is 0 Å². The van der Waals surface area contributed by atoms with E-state index in [2.05, 4.69) is 4.98 Å². The standard InChI is InChI=1S/C24H19ClN4O3S/c1-31-20-9-8-17(11-21(20)32-2)29-23(30)18-5-3-4-6-19(18)27-24(29)33-14-16-13-28-12-15(25)7-10-22(28)26-16/h3-13H,14H2,1-2H3. The van der Waals surface area contributed by atoms with Crippen LogP contribution in [0.25, 0.3) is 22.2 Å². The zero-order valence-corrected chi connectivity index (χ0v) is 19.4. The number of benzene rings is 2. The van der Waals surface area contributed by atoms with E-state index in [9.17, 15) is 4.79 Å². The number of halogens is 1. The van der Waals surface area contributed by atoms with Crippen LogP contribution in [0.1, 0.15) is 5.69 Å². The zero-order valence-electron chi connectivity index (χ0n) is 17.9. The van der Waals surface area contributed by atoms with Crippen LogP contribution < -0.4 is 15.0 Å². The third-order valence-corrected chi connectivity index (χ3v) is 6.38. The van der Waals surface area contributed by atoms with Gasteiger partial charge in [-0.05, 0) is 36.4 Å². The number of nitrogens with zero attached hydrogens (tertiary/aromatic N) is 4. The van der Waals surface area contributed by atoms with Crippen LogP contribution in [0.3, 0.4) is 0 Å². The molecule has 33 heavy (non-hydrogen) atoms. The van der Waals surface area contributed by atoms with E-state index in [1.165, 1.54) is 11.8 Å². The van der Waals surface area contributed by atoms with Crippen LogP contribution in [0.2, 0.25) is 5.02 Å². The summed E-state index contributed by atoms with van der Waals surface area (Å²) in [5.74, 6) is 1.64. The van der Waals surface area contributed by atoms with Crippen molar-refractivity contribution in [2.45, 2.75) is 10.9 Å². The van der Waals surface area contributed by atoms with Gasteiger partial charge in [0.05, 0.1) is 41.5 Å². The Labute approximate surface area is 198 Å². The molecule has 0 aliphatic heterocycles. The Bertz CT molecular complexity index is 1550. The van der Waals surface area contributed by atoms with Crippen molar-refractivity contribution < 1.29 is 9.47 Å². The fourth-order valence-electron chi connectivity index (χ4n) is 3.63. The first-order valence-electron chi connectivity index (χ1n) is 10.1. The van der Waals surface area contributed by atoms with Gasteiger partial charge < -0.3 is 13.9 Å². The van der Waals surface area contributed by atoms with Crippen molar-refractivity contribution in [3.8, 4) is 17.2 Å². The Morgan fingerprint density at radius 2 is 1.79 bits per heavy atom. The number of fused-ring (bicyclic) bond motifs is 2. The first kappa shape index (κ1) is 21.4. The fraction of sp³-hybridized carbons (Fsp3) is 0.125. The van der Waals surface area contributed by atoms with Gasteiger partial charge in [-0.15, -0.1) is 0 Å². The number of methoxy groups -OCH3 is 2. The van der Waals surface area contributed by atoms with Gasteiger partial charge >= 0.3 is 0 Å². The van der Waals surface area contributed by atoms with Crippen molar-refractivity contribution in [3.05, 3.63) is 88.1 Å². The molecule has 7 nitrogen and oxygen atoms in total. The van der Waals surface area contributed by atoms with Gasteiger partial charge in [0.2, 0.25) is 0 Å². The molecule has 0 fully saturated rings. The van der Waals surface area contributed by atoms with Crippen molar-refractivity contribution in [1.82, 2.24) is 18.9 Å². The molecule has 5 aromatic rings. The molecule has 0 saturated heterocycles. The Morgan fingerprint density at radius 1 is 0.970 bits per heavy atom. The number of thioether (sulfide) groups is 1. The highest BCUT2D eigenvalue weighted by Crippen LogP contribution is 2.31. The highest BCUT2D eigenvalue weighted by atomic mass is 35.5. The lowest BCUT2D eigenvalue weighted by molar-refractivity contribution is 0.354. The van der Waals surface area contributed by atoms with Crippen molar-refractivity contribution in [2.75, 3.05) is 14.2 Å². The predicted molar refractivity (Wildman–Crippen MR) is 130 cm³/mol. The van der Waals surface area contributed by atoms with Gasteiger partial charge in [0.15, 0.2) is 16.7 Å². The molecule has 0 aliphatic carbocycles. The molecule has 3 aromatic heterocycles. The molecule has 2 aromatic carbocycles. The molecule has 0 amide bonds. The number of aromatic nitrogens is 4. The second-order valence-corrected chi connectivity index (χ2v) is 8.60. The van der Waals surface area contributed by atoms with Crippen LogP contribution in [0.5, 0.6) is 11.5 Å². The molecule has 0 saturated carbocycles. The molecule has 0 spiro atoms. The minimum atomic E-state index is -0.155. The van der Waals surface area contributed by atoms with Crippen molar-refractivity contribution in [3.63, 3.8) is 0 Å². The summed E-state index contributed by atoms with van der Waals surface area (Å²) >= 11 is 7.53. The molecular weight excluding hydrogens is 460 g/mol. The summed E-state index contributed by atoms with van der Waals surface area (Å²) in [5.41, 5.74) is 2.78. The van der Waals surface area contributed by atoms with Crippen molar-refractivity contribution >= 4 is 39.9 Å². The van der Waals surface area contributed by atoms with Crippen LogP contribution in [-0.4, -0.2) is 33.2 Å². The Hall–Kier alpha value is -3.49. The van der Waals surface area contributed by atoms with Crippen molar-refractivity contribution in [1.29, 1.82) is 0 Å². The van der Waals surface area contributed by atoms with E-state index in [1.54, 1.807) is 43.1 Å². The maximum Gasteiger partial charge on any atom is 0.266 e. The molecule has 3 heterocycles. The number of imidazole rings is 1. The minimum absolute atomic E-state index is 0.155. The Kier molecular flexibility index (Phi) is 5.70. The predicted octanol–water partition coefficient (Wildman–Crippen LogP) is 5.00. The van der Waals surface area contributed by atoms with Crippen LogP contribution >= 0.6 is 23.4 Å². The number of rotatable bonds is 6. The highest BCUT2D eigenvalue weighted by Gasteiger charge is 2.16. The Morgan fingerprint density at radius 3 is 2.61 bits per heavy atom. The van der Waals surface area contributed by atoms with Gasteiger partial charge in [-0.25, -0.2) is 9.97 Å². The molecule has 0 bridgehead atoms. The van der Waals surface area contributed by atoms with Gasteiger partial charge in [-0.3, -0.25) is 9.36 Å². The number of hydrogen-bond donors (Lipinski definition) is 0. The van der Waals surface area contributed by atoms with Gasteiger partial charge in [0.1, 0.15) is 5.65 Å². The van der Waals surface area contributed by atoms with Crippen LogP contribution in [0.15, 0.2) is 76.9 Å². The third-order valence-electron chi connectivity index (χ3n) is 5.18. The van der Waals surface area contributed by atoms with Crippen LogP contribution in [-0.2, 0) is 5.75 Å². The highest BCUT2D eigenvalue weighted by molar-refractivity contribution is 7.98. The van der Waals surface area contributed by atoms with Gasteiger partial charge in [0.25, 0.3) is 5.56 Å². The lowest BCUT2D eigenvalue weighted by atomic mass is 10.2.